The molecule has 2 aromatic rings. The normalized spacial score (nSPS) is 12.8. The van der Waals surface area contributed by atoms with E-state index in [1.54, 1.807) is 0 Å². The fourth-order valence-electron chi connectivity index (χ4n) is 2.81. The lowest BCUT2D eigenvalue weighted by Gasteiger charge is -2.19. The first-order valence-corrected chi connectivity index (χ1v) is 8.16. The number of benzene rings is 2. The summed E-state index contributed by atoms with van der Waals surface area (Å²) in [6, 6.07) is 18.7. The van der Waals surface area contributed by atoms with Gasteiger partial charge < -0.3 is 15.5 Å². The molecule has 22 heavy (non-hydrogen) atoms. The van der Waals surface area contributed by atoms with E-state index < -0.39 is 0 Å². The van der Waals surface area contributed by atoms with Gasteiger partial charge in [-0.2, -0.15) is 0 Å². The van der Waals surface area contributed by atoms with Crippen LogP contribution in [0.1, 0.15) is 12.0 Å². The Balaban J connectivity index is 1.39. The molecule has 0 saturated carbocycles. The van der Waals surface area contributed by atoms with E-state index in [0.717, 1.165) is 38.2 Å². The van der Waals surface area contributed by atoms with E-state index in [4.69, 9.17) is 12.2 Å². The predicted octanol–water partition coefficient (Wildman–Crippen LogP) is 3.43. The molecule has 1 aliphatic rings. The number of thiocarbonyl (C=S) groups is 1. The second kappa shape index (κ2) is 7.27. The number of hydrogen-bond donors (Lipinski definition) is 2. The van der Waals surface area contributed by atoms with E-state index in [1.165, 1.54) is 11.3 Å². The van der Waals surface area contributed by atoms with Crippen molar-refractivity contribution in [1.29, 1.82) is 0 Å². The van der Waals surface area contributed by atoms with Crippen LogP contribution in [0.25, 0.3) is 0 Å². The van der Waals surface area contributed by atoms with Gasteiger partial charge in [0.05, 0.1) is 0 Å². The van der Waals surface area contributed by atoms with Crippen LogP contribution in [-0.2, 0) is 6.42 Å². The third-order valence-electron chi connectivity index (χ3n) is 3.91. The van der Waals surface area contributed by atoms with Crippen LogP contribution in [0.15, 0.2) is 54.6 Å². The zero-order chi connectivity index (χ0) is 15.2. The zero-order valence-corrected chi connectivity index (χ0v) is 13.4. The van der Waals surface area contributed by atoms with Crippen LogP contribution in [0.3, 0.4) is 0 Å². The molecular formula is C18H21N3S. The van der Waals surface area contributed by atoms with Crippen molar-refractivity contribution in [1.82, 2.24) is 5.32 Å². The first-order chi connectivity index (χ1) is 10.8. The number of fused-ring (bicyclic) bond motifs is 1. The maximum absolute atomic E-state index is 5.31. The summed E-state index contributed by atoms with van der Waals surface area (Å²) >= 11 is 5.31. The Morgan fingerprint density at radius 1 is 1.05 bits per heavy atom. The summed E-state index contributed by atoms with van der Waals surface area (Å²) in [5.41, 5.74) is 3.89. The molecule has 0 atom stereocenters. The molecule has 114 valence electrons. The average molecular weight is 311 g/mol. The molecule has 0 fully saturated rings. The summed E-state index contributed by atoms with van der Waals surface area (Å²) in [5, 5.41) is 7.15. The van der Waals surface area contributed by atoms with Gasteiger partial charge in [-0.25, -0.2) is 0 Å². The highest BCUT2D eigenvalue weighted by molar-refractivity contribution is 7.80. The summed E-state index contributed by atoms with van der Waals surface area (Å²) in [5.74, 6) is 0. The van der Waals surface area contributed by atoms with E-state index in [-0.39, 0.29) is 0 Å². The predicted molar refractivity (Wildman–Crippen MR) is 97.6 cm³/mol. The van der Waals surface area contributed by atoms with Crippen LogP contribution in [0, 0.1) is 0 Å². The molecule has 4 heteroatoms. The van der Waals surface area contributed by atoms with Gasteiger partial charge in [-0.05, 0) is 48.8 Å². The molecule has 2 N–H and O–H groups in total. The van der Waals surface area contributed by atoms with Gasteiger partial charge in [0.15, 0.2) is 5.11 Å². The average Bonchev–Trinajstić information content (AvgIpc) is 2.96. The molecule has 0 radical (unpaired) electrons. The summed E-state index contributed by atoms with van der Waals surface area (Å²) < 4.78 is 0. The summed E-state index contributed by atoms with van der Waals surface area (Å²) in [7, 11) is 0. The standard InChI is InChI=1S/C18H21N3S/c22-18(20-16-8-2-1-3-9-16)19-12-6-13-21-14-11-15-7-4-5-10-17(15)21/h1-5,7-10H,6,11-14H2,(H2,19,20,22). The van der Waals surface area contributed by atoms with Gasteiger partial charge in [0.1, 0.15) is 0 Å². The Kier molecular flexibility index (Phi) is 4.91. The van der Waals surface area contributed by atoms with Crippen molar-refractivity contribution in [2.45, 2.75) is 12.8 Å². The molecule has 0 aromatic heterocycles. The highest BCUT2D eigenvalue weighted by atomic mass is 32.1. The number of nitrogens with zero attached hydrogens (tertiary/aromatic N) is 1. The minimum absolute atomic E-state index is 0.688. The topological polar surface area (TPSA) is 27.3 Å². The molecule has 0 aliphatic carbocycles. The van der Waals surface area contributed by atoms with Gasteiger partial charge in [-0.15, -0.1) is 0 Å². The lowest BCUT2D eigenvalue weighted by molar-refractivity contribution is 0.730. The van der Waals surface area contributed by atoms with Gasteiger partial charge in [0, 0.05) is 31.0 Å². The van der Waals surface area contributed by atoms with Gasteiger partial charge in [-0.1, -0.05) is 36.4 Å². The maximum atomic E-state index is 5.31. The number of rotatable bonds is 5. The molecule has 0 amide bonds. The molecule has 0 saturated heterocycles. The van der Waals surface area contributed by atoms with Gasteiger partial charge >= 0.3 is 0 Å². The monoisotopic (exact) mass is 311 g/mol. The van der Waals surface area contributed by atoms with Gasteiger partial charge in [0.2, 0.25) is 0 Å². The second-order valence-corrected chi connectivity index (χ2v) is 5.87. The first kappa shape index (κ1) is 14.9. The molecule has 0 bridgehead atoms. The van der Waals surface area contributed by atoms with E-state index in [1.807, 2.05) is 30.3 Å². The Labute approximate surface area is 137 Å². The maximum Gasteiger partial charge on any atom is 0.170 e. The second-order valence-electron chi connectivity index (χ2n) is 5.47. The van der Waals surface area contributed by atoms with Gasteiger partial charge in [-0.3, -0.25) is 0 Å². The summed E-state index contributed by atoms with van der Waals surface area (Å²) in [4.78, 5) is 2.46. The lowest BCUT2D eigenvalue weighted by Crippen LogP contribution is -2.31. The van der Waals surface area contributed by atoms with Crippen LogP contribution in [0.4, 0.5) is 11.4 Å². The number of hydrogen-bond acceptors (Lipinski definition) is 2. The molecule has 1 heterocycles. The molecule has 0 unspecified atom stereocenters. The quantitative estimate of drug-likeness (QED) is 0.653. The van der Waals surface area contributed by atoms with E-state index in [0.29, 0.717) is 5.11 Å². The molecular weight excluding hydrogens is 290 g/mol. The van der Waals surface area contributed by atoms with Crippen molar-refractivity contribution < 1.29 is 0 Å². The summed E-state index contributed by atoms with van der Waals surface area (Å²) in [6.07, 6.45) is 2.24. The molecule has 3 nitrogen and oxygen atoms in total. The number of anilines is 2. The third-order valence-corrected chi connectivity index (χ3v) is 4.15. The summed E-state index contributed by atoms with van der Waals surface area (Å²) in [6.45, 7) is 3.08. The van der Waals surface area contributed by atoms with Crippen LogP contribution in [0.5, 0.6) is 0 Å². The molecule has 1 aliphatic heterocycles. The van der Waals surface area contributed by atoms with Crippen molar-refractivity contribution in [3.05, 3.63) is 60.2 Å². The smallest absolute Gasteiger partial charge is 0.170 e. The SMILES string of the molecule is S=C(NCCCN1CCc2ccccc21)Nc1ccccc1. The van der Waals surface area contributed by atoms with Crippen LogP contribution < -0.4 is 15.5 Å². The van der Waals surface area contributed by atoms with E-state index >= 15 is 0 Å². The molecule has 2 aromatic carbocycles. The largest absolute Gasteiger partial charge is 0.371 e. The van der Waals surface area contributed by atoms with Crippen LogP contribution in [-0.4, -0.2) is 24.7 Å². The van der Waals surface area contributed by atoms with Crippen molar-refractivity contribution in [2.75, 3.05) is 29.9 Å². The zero-order valence-electron chi connectivity index (χ0n) is 12.6. The van der Waals surface area contributed by atoms with Crippen LogP contribution in [0.2, 0.25) is 0 Å². The fraction of sp³-hybridized carbons (Fsp3) is 0.278. The minimum atomic E-state index is 0.688. The van der Waals surface area contributed by atoms with Gasteiger partial charge in [0.25, 0.3) is 0 Å². The highest BCUT2D eigenvalue weighted by Gasteiger charge is 2.17. The Bertz CT molecular complexity index is 627. The third kappa shape index (κ3) is 3.77. The Morgan fingerprint density at radius 3 is 2.68 bits per heavy atom. The molecule has 3 rings (SSSR count). The number of para-hydroxylation sites is 2. The van der Waals surface area contributed by atoms with Crippen LogP contribution >= 0.6 is 12.2 Å². The highest BCUT2D eigenvalue weighted by Crippen LogP contribution is 2.27. The fourth-order valence-corrected chi connectivity index (χ4v) is 3.03. The number of nitrogens with one attached hydrogen (secondary N) is 2. The van der Waals surface area contributed by atoms with Crippen molar-refractivity contribution in [3.8, 4) is 0 Å². The molecule has 0 spiro atoms. The van der Waals surface area contributed by atoms with E-state index in [9.17, 15) is 0 Å². The minimum Gasteiger partial charge on any atom is -0.371 e. The Morgan fingerprint density at radius 2 is 1.82 bits per heavy atom. The van der Waals surface area contributed by atoms with E-state index in [2.05, 4.69) is 39.8 Å². The van der Waals surface area contributed by atoms with Crippen molar-refractivity contribution in [3.63, 3.8) is 0 Å². The Hall–Kier alpha value is -2.07. The lowest BCUT2D eigenvalue weighted by atomic mass is 10.2. The first-order valence-electron chi connectivity index (χ1n) is 7.76. The van der Waals surface area contributed by atoms with Crippen molar-refractivity contribution in [2.24, 2.45) is 0 Å². The van der Waals surface area contributed by atoms with Crippen molar-refractivity contribution >= 4 is 28.7 Å².